The monoisotopic (exact) mass is 511 g/mol. The average molecular weight is 512 g/mol. The Hall–Kier alpha value is -3.81. The van der Waals surface area contributed by atoms with Gasteiger partial charge in [-0.25, -0.2) is 0 Å². The maximum atomic E-state index is 9.53. The summed E-state index contributed by atoms with van der Waals surface area (Å²) in [5.74, 6) is 7.34. The van der Waals surface area contributed by atoms with Crippen LogP contribution in [-0.4, -0.2) is 29.5 Å². The number of rotatable bonds is 10. The second-order valence-corrected chi connectivity index (χ2v) is 9.68. The molecule has 0 aliphatic carbocycles. The summed E-state index contributed by atoms with van der Waals surface area (Å²) in [6.07, 6.45) is -0.526. The lowest BCUT2D eigenvalue weighted by atomic mass is 9.97. The van der Waals surface area contributed by atoms with E-state index in [1.165, 1.54) is 10.1 Å². The van der Waals surface area contributed by atoms with Crippen molar-refractivity contribution in [2.75, 3.05) is 13.2 Å². The molecule has 6 heteroatoms. The third-order valence-corrected chi connectivity index (χ3v) is 7.04. The molecule has 37 heavy (non-hydrogen) atoms. The first kappa shape index (κ1) is 26.3. The van der Waals surface area contributed by atoms with Gasteiger partial charge in [-0.3, -0.25) is 0 Å². The molecule has 0 radical (unpaired) electrons. The van der Waals surface area contributed by atoms with Gasteiger partial charge in [-0.2, -0.15) is 5.26 Å². The van der Waals surface area contributed by atoms with E-state index in [0.717, 1.165) is 33.6 Å². The van der Waals surface area contributed by atoms with Gasteiger partial charge in [0.2, 0.25) is 0 Å². The molecule has 1 unspecified atom stereocenters. The fraction of sp³-hybridized carbons (Fsp3) is 0.258. The third kappa shape index (κ3) is 6.50. The molecule has 1 aromatic heterocycles. The zero-order valence-corrected chi connectivity index (χ0v) is 21.7. The van der Waals surface area contributed by atoms with Gasteiger partial charge in [0, 0.05) is 15.6 Å². The van der Waals surface area contributed by atoms with Crippen LogP contribution in [0.15, 0.2) is 66.0 Å². The van der Waals surface area contributed by atoms with E-state index in [1.54, 1.807) is 18.3 Å². The highest BCUT2D eigenvalue weighted by atomic mass is 32.1. The first-order valence-electron chi connectivity index (χ1n) is 12.1. The molecule has 3 aromatic carbocycles. The molecule has 4 rings (SSSR count). The van der Waals surface area contributed by atoms with Gasteiger partial charge in [-0.1, -0.05) is 30.2 Å². The van der Waals surface area contributed by atoms with Gasteiger partial charge >= 0.3 is 0 Å². The Morgan fingerprint density at radius 2 is 1.76 bits per heavy atom. The van der Waals surface area contributed by atoms with Crippen LogP contribution in [0.1, 0.15) is 36.0 Å². The number of aliphatic hydroxyl groups excluding tert-OH is 2. The molecule has 0 saturated carbocycles. The van der Waals surface area contributed by atoms with Crippen molar-refractivity contribution < 1.29 is 19.7 Å². The van der Waals surface area contributed by atoms with Crippen molar-refractivity contribution in [1.29, 1.82) is 5.26 Å². The maximum Gasteiger partial charge on any atom is 0.119 e. The molecule has 0 fully saturated rings. The minimum Gasteiger partial charge on any atom is -0.491 e. The summed E-state index contributed by atoms with van der Waals surface area (Å²) >= 11 is 1.71. The number of thiophene rings is 1. The number of aliphatic hydroxyl groups is 2. The first-order valence-corrected chi connectivity index (χ1v) is 12.9. The molecule has 0 saturated heterocycles. The van der Waals surface area contributed by atoms with Crippen molar-refractivity contribution in [3.05, 3.63) is 82.7 Å². The summed E-state index contributed by atoms with van der Waals surface area (Å²) < 4.78 is 12.9. The Morgan fingerprint density at radius 1 is 0.973 bits per heavy atom. The lowest BCUT2D eigenvalue weighted by Crippen LogP contribution is -2.21. The van der Waals surface area contributed by atoms with Gasteiger partial charge in [0.1, 0.15) is 30.8 Å². The van der Waals surface area contributed by atoms with E-state index in [9.17, 15) is 5.11 Å². The number of benzene rings is 3. The van der Waals surface area contributed by atoms with Crippen molar-refractivity contribution >= 4 is 21.4 Å². The molecule has 0 amide bonds. The molecule has 188 valence electrons. The number of hydrogen-bond donors (Lipinski definition) is 2. The van der Waals surface area contributed by atoms with Crippen LogP contribution in [-0.2, 0) is 6.61 Å². The fourth-order valence-electron chi connectivity index (χ4n) is 4.13. The molecule has 1 heterocycles. The fourth-order valence-corrected chi connectivity index (χ4v) is 5.07. The highest BCUT2D eigenvalue weighted by Gasteiger charge is 2.12. The van der Waals surface area contributed by atoms with E-state index in [4.69, 9.17) is 19.8 Å². The second kappa shape index (κ2) is 12.4. The van der Waals surface area contributed by atoms with Gasteiger partial charge in [-0.15, -0.1) is 17.3 Å². The van der Waals surface area contributed by atoms with E-state index >= 15 is 0 Å². The van der Waals surface area contributed by atoms with Crippen LogP contribution in [0.25, 0.3) is 21.2 Å². The number of aryl methyl sites for hydroxylation is 1. The van der Waals surface area contributed by atoms with Crippen molar-refractivity contribution in [3.63, 3.8) is 0 Å². The van der Waals surface area contributed by atoms with Crippen LogP contribution in [0, 0.1) is 30.1 Å². The molecule has 4 aromatic rings. The van der Waals surface area contributed by atoms with Crippen LogP contribution in [0.5, 0.6) is 11.5 Å². The number of hydrogen-bond acceptors (Lipinski definition) is 6. The number of fused-ring (bicyclic) bond motifs is 1. The lowest BCUT2D eigenvalue weighted by Gasteiger charge is -2.12. The highest BCUT2D eigenvalue weighted by molar-refractivity contribution is 7.17. The zero-order valence-electron chi connectivity index (χ0n) is 20.9. The Labute approximate surface area is 221 Å². The largest absolute Gasteiger partial charge is 0.491 e. The predicted molar refractivity (Wildman–Crippen MR) is 148 cm³/mol. The minimum atomic E-state index is -0.893. The summed E-state index contributed by atoms with van der Waals surface area (Å²) in [7, 11) is 0. The van der Waals surface area contributed by atoms with Crippen molar-refractivity contribution in [2.45, 2.75) is 38.9 Å². The van der Waals surface area contributed by atoms with Gasteiger partial charge < -0.3 is 19.7 Å². The Bertz CT molecular complexity index is 1460. The SMILES string of the molecule is CC#C[C@@H](CC#N)c1ccc(OCc2ccc3scc(-c4ccc(OCC(O)CO)cc4C)c3c2)cc1. The standard InChI is InChI=1S/C31H29NO4S/c1-3-4-23(13-14-32)24-6-8-26(9-7-24)35-18-22-5-12-31-29(16-22)30(20-37-31)28-11-10-27(15-21(28)2)36-19-25(34)17-33/h5-12,15-16,20,23,25,33-34H,13,17-19H2,1-2H3/t23-,25?/m0/s1. The second-order valence-electron chi connectivity index (χ2n) is 8.77. The summed E-state index contributed by atoms with van der Waals surface area (Å²) in [6.45, 7) is 4.00. The van der Waals surface area contributed by atoms with E-state index in [1.807, 2.05) is 49.4 Å². The lowest BCUT2D eigenvalue weighted by molar-refractivity contribution is 0.0536. The predicted octanol–water partition coefficient (Wildman–Crippen LogP) is 6.21. The highest BCUT2D eigenvalue weighted by Crippen LogP contribution is 2.37. The molecular weight excluding hydrogens is 482 g/mol. The van der Waals surface area contributed by atoms with Crippen molar-refractivity contribution in [1.82, 2.24) is 0 Å². The molecule has 2 N–H and O–H groups in total. The van der Waals surface area contributed by atoms with E-state index in [-0.39, 0.29) is 19.1 Å². The van der Waals surface area contributed by atoms with Crippen LogP contribution in [0.2, 0.25) is 0 Å². The molecule has 0 aliphatic heterocycles. The molecule has 2 atom stereocenters. The molecule has 0 bridgehead atoms. The third-order valence-electron chi connectivity index (χ3n) is 6.08. The van der Waals surface area contributed by atoms with E-state index in [0.29, 0.717) is 18.8 Å². The van der Waals surface area contributed by atoms with Crippen LogP contribution < -0.4 is 9.47 Å². The molecular formula is C31H29NO4S. The van der Waals surface area contributed by atoms with E-state index in [2.05, 4.69) is 41.5 Å². The zero-order chi connectivity index (χ0) is 26.2. The molecule has 5 nitrogen and oxygen atoms in total. The number of nitriles is 1. The van der Waals surface area contributed by atoms with Gasteiger partial charge in [-0.05, 0) is 77.9 Å². The summed E-state index contributed by atoms with van der Waals surface area (Å²) in [5.41, 5.74) is 5.44. The van der Waals surface area contributed by atoms with Gasteiger partial charge in [0.25, 0.3) is 0 Å². The molecule has 0 aliphatic rings. The van der Waals surface area contributed by atoms with Gasteiger partial charge in [0.15, 0.2) is 0 Å². The smallest absolute Gasteiger partial charge is 0.119 e. The van der Waals surface area contributed by atoms with E-state index < -0.39 is 6.10 Å². The minimum absolute atomic E-state index is 0.0516. The molecule has 0 spiro atoms. The van der Waals surface area contributed by atoms with Crippen molar-refractivity contribution in [3.8, 4) is 40.5 Å². The van der Waals surface area contributed by atoms with Crippen molar-refractivity contribution in [2.24, 2.45) is 0 Å². The normalized spacial score (nSPS) is 12.3. The quantitative estimate of drug-likeness (QED) is 0.247. The van der Waals surface area contributed by atoms with Crippen LogP contribution >= 0.6 is 11.3 Å². The van der Waals surface area contributed by atoms with Crippen LogP contribution in [0.3, 0.4) is 0 Å². The Morgan fingerprint density at radius 3 is 2.46 bits per heavy atom. The Kier molecular flexibility index (Phi) is 8.82. The number of ether oxygens (including phenoxy) is 2. The topological polar surface area (TPSA) is 82.7 Å². The Balaban J connectivity index is 1.48. The van der Waals surface area contributed by atoms with Gasteiger partial charge in [0.05, 0.1) is 25.0 Å². The summed E-state index contributed by atoms with van der Waals surface area (Å²) in [5, 5.41) is 30.9. The summed E-state index contributed by atoms with van der Waals surface area (Å²) in [6, 6.07) is 22.3. The average Bonchev–Trinajstić information content (AvgIpc) is 3.34. The first-order chi connectivity index (χ1) is 18.0. The number of nitrogens with zero attached hydrogens (tertiary/aromatic N) is 1. The maximum absolute atomic E-state index is 9.53. The van der Waals surface area contributed by atoms with Crippen LogP contribution in [0.4, 0.5) is 0 Å². The summed E-state index contributed by atoms with van der Waals surface area (Å²) in [4.78, 5) is 0.